The molecule has 0 aliphatic heterocycles. The van der Waals surface area contributed by atoms with Crippen molar-refractivity contribution in [3.8, 4) is 0 Å². The summed E-state index contributed by atoms with van der Waals surface area (Å²) in [6.07, 6.45) is 0.955. The van der Waals surface area contributed by atoms with Gasteiger partial charge < -0.3 is 11.5 Å². The molecular formula is C7H15N3S4. The Labute approximate surface area is 104 Å². The van der Waals surface area contributed by atoms with Crippen LogP contribution in [0, 0.1) is 0 Å². The van der Waals surface area contributed by atoms with E-state index in [0.29, 0.717) is 14.0 Å². The molecule has 0 aliphatic carbocycles. The van der Waals surface area contributed by atoms with Crippen molar-refractivity contribution >= 4 is 56.6 Å². The number of thiocarbonyl (C=S) groups is 2. The zero-order valence-electron chi connectivity index (χ0n) is 8.23. The normalized spacial score (nSPS) is 12.8. The summed E-state index contributed by atoms with van der Waals surface area (Å²) in [4.78, 5) is 2.09. The molecule has 0 spiro atoms. The molecule has 82 valence electrons. The standard InChI is InChI=1S/C7H15N3S4/c1-10(2)5(14-7(9)12)3-4-13-6(8)11/h5H,3-4H2,1-2H3,(H2,8,11)(H2,9,12)/t5-/m0/s1. The van der Waals surface area contributed by atoms with E-state index in [1.807, 2.05) is 14.1 Å². The van der Waals surface area contributed by atoms with Gasteiger partial charge in [-0.25, -0.2) is 0 Å². The molecule has 4 N–H and O–H groups in total. The Balaban J connectivity index is 3.85. The minimum atomic E-state index is 0.300. The second-order valence-corrected chi connectivity index (χ2v) is 6.56. The molecule has 0 aromatic rings. The Morgan fingerprint density at radius 3 is 2.21 bits per heavy atom. The zero-order chi connectivity index (χ0) is 11.1. The van der Waals surface area contributed by atoms with Gasteiger partial charge in [0.25, 0.3) is 0 Å². The topological polar surface area (TPSA) is 55.3 Å². The summed E-state index contributed by atoms with van der Waals surface area (Å²) in [6, 6.07) is 0. The van der Waals surface area contributed by atoms with Crippen LogP contribution in [-0.2, 0) is 0 Å². The van der Waals surface area contributed by atoms with Crippen LogP contribution in [0.4, 0.5) is 0 Å². The van der Waals surface area contributed by atoms with Crippen LogP contribution in [-0.4, -0.2) is 38.8 Å². The molecule has 0 rings (SSSR count). The molecule has 0 aromatic carbocycles. The zero-order valence-corrected chi connectivity index (χ0v) is 11.5. The molecule has 0 amide bonds. The molecule has 0 aromatic heterocycles. The van der Waals surface area contributed by atoms with E-state index in [4.69, 9.17) is 35.9 Å². The summed E-state index contributed by atoms with van der Waals surface area (Å²) in [5, 5.41) is 0.300. The summed E-state index contributed by atoms with van der Waals surface area (Å²) in [6.45, 7) is 0. The van der Waals surface area contributed by atoms with E-state index in [9.17, 15) is 0 Å². The Bertz CT molecular complexity index is 207. The molecule has 0 saturated carbocycles. The van der Waals surface area contributed by atoms with Crippen LogP contribution in [0.5, 0.6) is 0 Å². The van der Waals surface area contributed by atoms with Crippen LogP contribution in [0.1, 0.15) is 6.42 Å². The monoisotopic (exact) mass is 269 g/mol. The summed E-state index contributed by atoms with van der Waals surface area (Å²) in [5.74, 6) is 0.897. The van der Waals surface area contributed by atoms with Crippen LogP contribution in [0.2, 0.25) is 0 Å². The second-order valence-electron chi connectivity index (χ2n) is 2.81. The first kappa shape index (κ1) is 14.4. The molecule has 0 heterocycles. The fraction of sp³-hybridized carbons (Fsp3) is 0.714. The van der Waals surface area contributed by atoms with Crippen molar-refractivity contribution in [1.82, 2.24) is 4.90 Å². The van der Waals surface area contributed by atoms with Gasteiger partial charge in [-0.15, -0.1) is 0 Å². The second kappa shape index (κ2) is 7.70. The Morgan fingerprint density at radius 2 is 1.86 bits per heavy atom. The van der Waals surface area contributed by atoms with E-state index >= 15 is 0 Å². The number of nitrogens with zero attached hydrogens (tertiary/aromatic N) is 1. The van der Waals surface area contributed by atoms with Crippen molar-refractivity contribution < 1.29 is 0 Å². The van der Waals surface area contributed by atoms with Gasteiger partial charge in [-0.3, -0.25) is 4.90 Å². The van der Waals surface area contributed by atoms with E-state index in [1.54, 1.807) is 0 Å². The van der Waals surface area contributed by atoms with Gasteiger partial charge in [0.15, 0.2) is 0 Å². The molecule has 3 nitrogen and oxygen atoms in total. The SMILES string of the molecule is CN(C)[C@H](CCSC(N)=S)SC(N)=S. The average Bonchev–Trinajstić information content (AvgIpc) is 2.00. The average molecular weight is 269 g/mol. The van der Waals surface area contributed by atoms with Crippen LogP contribution in [0.25, 0.3) is 0 Å². The maximum atomic E-state index is 5.47. The third-order valence-electron chi connectivity index (χ3n) is 1.44. The highest BCUT2D eigenvalue weighted by atomic mass is 32.2. The van der Waals surface area contributed by atoms with Crippen LogP contribution in [0.3, 0.4) is 0 Å². The van der Waals surface area contributed by atoms with Crippen LogP contribution >= 0.6 is 48.0 Å². The van der Waals surface area contributed by atoms with E-state index in [1.165, 1.54) is 23.5 Å². The summed E-state index contributed by atoms with van der Waals surface area (Å²) >= 11 is 12.6. The summed E-state index contributed by atoms with van der Waals surface area (Å²) < 4.78 is 0.965. The largest absolute Gasteiger partial charge is 0.385 e. The molecule has 14 heavy (non-hydrogen) atoms. The van der Waals surface area contributed by atoms with E-state index in [0.717, 1.165) is 12.2 Å². The van der Waals surface area contributed by atoms with Gasteiger partial charge in [0.2, 0.25) is 0 Å². The first-order valence-electron chi connectivity index (χ1n) is 3.98. The number of hydrogen-bond acceptors (Lipinski definition) is 5. The Morgan fingerprint density at radius 1 is 1.29 bits per heavy atom. The number of thioether (sulfide) groups is 2. The van der Waals surface area contributed by atoms with Crippen molar-refractivity contribution in [3.63, 3.8) is 0 Å². The van der Waals surface area contributed by atoms with Crippen molar-refractivity contribution in [1.29, 1.82) is 0 Å². The lowest BCUT2D eigenvalue weighted by molar-refractivity contribution is 0.378. The predicted molar refractivity (Wildman–Crippen MR) is 75.7 cm³/mol. The Kier molecular flexibility index (Phi) is 7.94. The highest BCUT2D eigenvalue weighted by molar-refractivity contribution is 8.23. The van der Waals surface area contributed by atoms with Crippen LogP contribution < -0.4 is 11.5 Å². The molecule has 0 bridgehead atoms. The van der Waals surface area contributed by atoms with Gasteiger partial charge in [-0.2, -0.15) is 0 Å². The molecule has 0 aliphatic rings. The van der Waals surface area contributed by atoms with Gasteiger partial charge in [-0.1, -0.05) is 48.0 Å². The highest BCUT2D eigenvalue weighted by Crippen LogP contribution is 2.19. The lowest BCUT2D eigenvalue weighted by Gasteiger charge is -2.22. The van der Waals surface area contributed by atoms with E-state index in [2.05, 4.69) is 4.90 Å². The van der Waals surface area contributed by atoms with Crippen molar-refractivity contribution in [3.05, 3.63) is 0 Å². The lowest BCUT2D eigenvalue weighted by atomic mass is 10.4. The maximum Gasteiger partial charge on any atom is 0.132 e. The summed E-state index contributed by atoms with van der Waals surface area (Å²) in [5.41, 5.74) is 10.9. The smallest absolute Gasteiger partial charge is 0.132 e. The fourth-order valence-corrected chi connectivity index (χ4v) is 2.81. The third kappa shape index (κ3) is 7.81. The first-order chi connectivity index (χ1) is 6.43. The fourth-order valence-electron chi connectivity index (χ4n) is 0.817. The maximum absolute atomic E-state index is 5.47. The van der Waals surface area contributed by atoms with Gasteiger partial charge in [0, 0.05) is 5.75 Å². The quantitative estimate of drug-likeness (QED) is 0.575. The molecule has 1 atom stereocenters. The van der Waals surface area contributed by atoms with Gasteiger partial charge in [0.1, 0.15) is 8.64 Å². The molecule has 0 fully saturated rings. The number of rotatable bonds is 5. The van der Waals surface area contributed by atoms with Gasteiger partial charge in [0.05, 0.1) is 5.37 Å². The molecule has 0 saturated heterocycles. The van der Waals surface area contributed by atoms with E-state index in [-0.39, 0.29) is 0 Å². The first-order valence-corrected chi connectivity index (χ1v) is 6.66. The molecule has 7 heteroatoms. The van der Waals surface area contributed by atoms with Crippen LogP contribution in [0.15, 0.2) is 0 Å². The molecule has 0 radical (unpaired) electrons. The van der Waals surface area contributed by atoms with Gasteiger partial charge >= 0.3 is 0 Å². The van der Waals surface area contributed by atoms with Crippen molar-refractivity contribution in [2.75, 3.05) is 19.8 Å². The Hall–Kier alpha value is 0.440. The number of hydrogen-bond donors (Lipinski definition) is 2. The van der Waals surface area contributed by atoms with Gasteiger partial charge in [-0.05, 0) is 20.5 Å². The minimum absolute atomic E-state index is 0.300. The number of nitrogens with two attached hydrogens (primary N) is 2. The van der Waals surface area contributed by atoms with Crippen molar-refractivity contribution in [2.45, 2.75) is 11.8 Å². The predicted octanol–water partition coefficient (Wildman–Crippen LogP) is 1.22. The molecule has 0 unspecified atom stereocenters. The highest BCUT2D eigenvalue weighted by Gasteiger charge is 2.13. The lowest BCUT2D eigenvalue weighted by Crippen LogP contribution is -2.28. The summed E-state index contributed by atoms with van der Waals surface area (Å²) in [7, 11) is 4.00. The molecular weight excluding hydrogens is 254 g/mol. The van der Waals surface area contributed by atoms with Crippen molar-refractivity contribution in [2.24, 2.45) is 11.5 Å². The third-order valence-corrected chi connectivity index (χ3v) is 3.97. The minimum Gasteiger partial charge on any atom is -0.385 e. The van der Waals surface area contributed by atoms with E-state index < -0.39 is 0 Å².